The lowest BCUT2D eigenvalue weighted by molar-refractivity contribution is -0.149. The molecule has 0 saturated carbocycles. The molecule has 0 aliphatic rings. The van der Waals surface area contributed by atoms with Gasteiger partial charge in [0.1, 0.15) is 6.04 Å². The Hall–Kier alpha value is -1.03. The number of unbranched alkanes of at least 4 members (excludes halogenated alkanes) is 1. The molecule has 0 amide bonds. The minimum atomic E-state index is -4.26. The van der Waals surface area contributed by atoms with Crippen molar-refractivity contribution in [2.24, 2.45) is 5.73 Å². The predicted octanol–water partition coefficient (Wildman–Crippen LogP) is 3.85. The van der Waals surface area contributed by atoms with Crippen LogP contribution >= 0.6 is 0 Å². The van der Waals surface area contributed by atoms with E-state index in [2.05, 4.69) is 19.1 Å². The Morgan fingerprint density at radius 3 is 2.44 bits per heavy atom. The molecule has 1 rings (SSSR count). The van der Waals surface area contributed by atoms with Crippen LogP contribution in [0.4, 0.5) is 13.2 Å². The number of aryl methyl sites for hydroxylation is 2. The van der Waals surface area contributed by atoms with Crippen molar-refractivity contribution in [3.05, 3.63) is 35.4 Å². The van der Waals surface area contributed by atoms with Gasteiger partial charge in [0.2, 0.25) is 0 Å². The summed E-state index contributed by atoms with van der Waals surface area (Å²) in [5.74, 6) is 0. The monoisotopic (exact) mass is 259 g/mol. The summed E-state index contributed by atoms with van der Waals surface area (Å²) < 4.78 is 36.5. The fraction of sp³-hybridized carbons (Fsp3) is 0.571. The van der Waals surface area contributed by atoms with E-state index in [9.17, 15) is 13.2 Å². The van der Waals surface area contributed by atoms with Gasteiger partial charge in [-0.1, -0.05) is 37.6 Å². The molecular formula is C14H20F3N. The number of alkyl halides is 3. The van der Waals surface area contributed by atoms with Crippen molar-refractivity contribution < 1.29 is 13.2 Å². The molecule has 0 heterocycles. The quantitative estimate of drug-likeness (QED) is 0.771. The van der Waals surface area contributed by atoms with E-state index in [1.54, 1.807) is 0 Å². The summed E-state index contributed by atoms with van der Waals surface area (Å²) in [4.78, 5) is 0. The van der Waals surface area contributed by atoms with Gasteiger partial charge in [0.25, 0.3) is 0 Å². The zero-order chi connectivity index (χ0) is 13.6. The highest BCUT2D eigenvalue weighted by molar-refractivity contribution is 5.23. The van der Waals surface area contributed by atoms with Gasteiger partial charge in [-0.3, -0.25) is 0 Å². The van der Waals surface area contributed by atoms with E-state index < -0.39 is 12.2 Å². The SMILES string of the molecule is CCc1cccc(CCCC[C@H](N)C(F)(F)F)c1. The highest BCUT2D eigenvalue weighted by Crippen LogP contribution is 2.22. The number of halogens is 3. The first kappa shape index (κ1) is 15.0. The second-order valence-corrected chi connectivity index (χ2v) is 4.57. The van der Waals surface area contributed by atoms with Gasteiger partial charge in [-0.2, -0.15) is 13.2 Å². The lowest BCUT2D eigenvalue weighted by atomic mass is 10.0. The lowest BCUT2D eigenvalue weighted by Crippen LogP contribution is -2.37. The molecule has 18 heavy (non-hydrogen) atoms. The molecule has 0 spiro atoms. The molecule has 4 heteroatoms. The molecule has 0 unspecified atom stereocenters. The van der Waals surface area contributed by atoms with E-state index >= 15 is 0 Å². The van der Waals surface area contributed by atoms with E-state index in [0.717, 1.165) is 19.3 Å². The van der Waals surface area contributed by atoms with E-state index in [0.29, 0.717) is 6.42 Å². The van der Waals surface area contributed by atoms with Crippen LogP contribution in [0.2, 0.25) is 0 Å². The lowest BCUT2D eigenvalue weighted by Gasteiger charge is -2.14. The first-order valence-corrected chi connectivity index (χ1v) is 6.33. The largest absolute Gasteiger partial charge is 0.403 e. The van der Waals surface area contributed by atoms with E-state index in [-0.39, 0.29) is 6.42 Å². The Kier molecular flexibility index (Phi) is 5.66. The summed E-state index contributed by atoms with van der Waals surface area (Å²) in [6, 6.07) is 6.50. The molecule has 1 aromatic rings. The van der Waals surface area contributed by atoms with Crippen LogP contribution < -0.4 is 5.73 Å². The Bertz CT molecular complexity index is 360. The normalized spacial score (nSPS) is 13.6. The van der Waals surface area contributed by atoms with Crippen LogP contribution in [-0.2, 0) is 12.8 Å². The van der Waals surface area contributed by atoms with Gasteiger partial charge < -0.3 is 5.73 Å². The minimum absolute atomic E-state index is 0.0109. The van der Waals surface area contributed by atoms with E-state index in [1.807, 2.05) is 12.1 Å². The number of nitrogens with two attached hydrogens (primary N) is 1. The second kappa shape index (κ2) is 6.78. The third kappa shape index (κ3) is 5.08. The third-order valence-electron chi connectivity index (χ3n) is 3.05. The molecule has 0 saturated heterocycles. The summed E-state index contributed by atoms with van der Waals surface area (Å²) in [5.41, 5.74) is 7.50. The van der Waals surface area contributed by atoms with Crippen LogP contribution in [0.5, 0.6) is 0 Å². The minimum Gasteiger partial charge on any atom is -0.320 e. The molecule has 0 aromatic heterocycles. The van der Waals surface area contributed by atoms with Gasteiger partial charge in [0, 0.05) is 0 Å². The zero-order valence-corrected chi connectivity index (χ0v) is 10.6. The van der Waals surface area contributed by atoms with Crippen molar-refractivity contribution >= 4 is 0 Å². The molecule has 2 N–H and O–H groups in total. The fourth-order valence-electron chi connectivity index (χ4n) is 1.86. The molecule has 102 valence electrons. The van der Waals surface area contributed by atoms with E-state index in [4.69, 9.17) is 5.73 Å². The standard InChI is InChI=1S/C14H20F3N/c1-2-11-7-5-8-12(10-11)6-3-4-9-13(18)14(15,16)17/h5,7-8,10,13H,2-4,6,9,18H2,1H3/t13-/m0/s1. The van der Waals surface area contributed by atoms with Gasteiger partial charge in [-0.25, -0.2) is 0 Å². The Labute approximate surface area is 106 Å². The number of benzene rings is 1. The van der Waals surface area contributed by atoms with Crippen molar-refractivity contribution in [1.82, 2.24) is 0 Å². The molecule has 0 bridgehead atoms. The van der Waals surface area contributed by atoms with Gasteiger partial charge in [0.15, 0.2) is 0 Å². The second-order valence-electron chi connectivity index (χ2n) is 4.57. The van der Waals surface area contributed by atoms with Gasteiger partial charge >= 0.3 is 6.18 Å². The van der Waals surface area contributed by atoms with Crippen LogP contribution in [0.3, 0.4) is 0 Å². The summed E-state index contributed by atoms with van der Waals surface area (Å²) in [6.45, 7) is 2.08. The smallest absolute Gasteiger partial charge is 0.320 e. The molecule has 1 nitrogen and oxygen atoms in total. The van der Waals surface area contributed by atoms with Gasteiger partial charge in [0.05, 0.1) is 0 Å². The van der Waals surface area contributed by atoms with Crippen LogP contribution in [0.25, 0.3) is 0 Å². The highest BCUT2D eigenvalue weighted by Gasteiger charge is 2.35. The zero-order valence-electron chi connectivity index (χ0n) is 10.6. The maximum Gasteiger partial charge on any atom is 0.403 e. The fourth-order valence-corrected chi connectivity index (χ4v) is 1.86. The molecule has 1 aromatic carbocycles. The summed E-state index contributed by atoms with van der Waals surface area (Å²) in [5, 5.41) is 0. The predicted molar refractivity (Wildman–Crippen MR) is 67.4 cm³/mol. The van der Waals surface area contributed by atoms with Crippen LogP contribution in [0.15, 0.2) is 24.3 Å². The average Bonchev–Trinajstić information content (AvgIpc) is 2.33. The topological polar surface area (TPSA) is 26.0 Å². The van der Waals surface area contributed by atoms with Gasteiger partial charge in [-0.05, 0) is 36.8 Å². The first-order valence-electron chi connectivity index (χ1n) is 6.33. The summed E-state index contributed by atoms with van der Waals surface area (Å²) >= 11 is 0. The Morgan fingerprint density at radius 1 is 1.17 bits per heavy atom. The third-order valence-corrected chi connectivity index (χ3v) is 3.05. The maximum absolute atomic E-state index is 12.2. The summed E-state index contributed by atoms with van der Waals surface area (Å²) in [7, 11) is 0. The summed E-state index contributed by atoms with van der Waals surface area (Å²) in [6.07, 6.45) is -1.20. The number of hydrogen-bond acceptors (Lipinski definition) is 1. The molecular weight excluding hydrogens is 239 g/mol. The van der Waals surface area contributed by atoms with Crippen LogP contribution in [0.1, 0.15) is 37.3 Å². The van der Waals surface area contributed by atoms with Crippen molar-refractivity contribution in [2.75, 3.05) is 0 Å². The number of hydrogen-bond donors (Lipinski definition) is 1. The van der Waals surface area contributed by atoms with Crippen molar-refractivity contribution in [2.45, 2.75) is 51.2 Å². The molecule has 0 fully saturated rings. The molecule has 1 atom stereocenters. The van der Waals surface area contributed by atoms with Crippen molar-refractivity contribution in [3.63, 3.8) is 0 Å². The maximum atomic E-state index is 12.2. The van der Waals surface area contributed by atoms with Crippen LogP contribution in [0, 0.1) is 0 Å². The Morgan fingerprint density at radius 2 is 1.83 bits per heavy atom. The molecule has 0 radical (unpaired) electrons. The van der Waals surface area contributed by atoms with Gasteiger partial charge in [-0.15, -0.1) is 0 Å². The van der Waals surface area contributed by atoms with Crippen molar-refractivity contribution in [3.8, 4) is 0 Å². The first-order chi connectivity index (χ1) is 8.43. The van der Waals surface area contributed by atoms with Crippen LogP contribution in [-0.4, -0.2) is 12.2 Å². The number of rotatable bonds is 6. The molecule has 0 aliphatic carbocycles. The van der Waals surface area contributed by atoms with E-state index in [1.165, 1.54) is 11.1 Å². The highest BCUT2D eigenvalue weighted by atomic mass is 19.4. The Balaban J connectivity index is 2.29. The van der Waals surface area contributed by atoms with Crippen molar-refractivity contribution in [1.29, 1.82) is 0 Å². The average molecular weight is 259 g/mol. The molecule has 0 aliphatic heterocycles.